The van der Waals surface area contributed by atoms with Crippen molar-refractivity contribution >= 4 is 48.4 Å². The predicted molar refractivity (Wildman–Crippen MR) is 107 cm³/mol. The van der Waals surface area contributed by atoms with Gasteiger partial charge in [-0.3, -0.25) is 0 Å². The van der Waals surface area contributed by atoms with Gasteiger partial charge >= 0.3 is 5.69 Å². The lowest BCUT2D eigenvalue weighted by Crippen LogP contribution is -2.48. The standard InChI is InChI=1S/C17H16N6O3S2/c24-17-20-12-2-1-11(9-14(12)21-17)28(25,26)23-6-4-22(5-7-23)16-15-13(3-8-27-15)18-10-19-16/h1-3,8-10H,4-7H2,(H2,20,21,24). The van der Waals surface area contributed by atoms with E-state index in [0.717, 1.165) is 16.0 Å². The number of H-pyrrole nitrogens is 2. The van der Waals surface area contributed by atoms with Gasteiger partial charge in [0, 0.05) is 26.2 Å². The van der Waals surface area contributed by atoms with E-state index in [9.17, 15) is 13.2 Å². The van der Waals surface area contributed by atoms with Crippen molar-refractivity contribution in [2.24, 2.45) is 0 Å². The fourth-order valence-corrected chi connectivity index (χ4v) is 5.77. The first-order chi connectivity index (χ1) is 13.5. The molecule has 3 aromatic heterocycles. The van der Waals surface area contributed by atoms with E-state index in [1.165, 1.54) is 16.4 Å². The number of nitrogens with zero attached hydrogens (tertiary/aromatic N) is 4. The smallest absolute Gasteiger partial charge is 0.323 e. The monoisotopic (exact) mass is 416 g/mol. The Morgan fingerprint density at radius 3 is 2.61 bits per heavy atom. The SMILES string of the molecule is O=c1[nH]c2ccc(S(=O)(=O)N3CCN(c4ncnc5ccsc45)CC3)cc2[nH]1. The van der Waals surface area contributed by atoms with Gasteiger partial charge < -0.3 is 14.9 Å². The van der Waals surface area contributed by atoms with Crippen LogP contribution in [0.4, 0.5) is 5.82 Å². The maximum atomic E-state index is 13.0. The minimum Gasteiger partial charge on any atom is -0.353 e. The molecule has 4 aromatic rings. The summed E-state index contributed by atoms with van der Waals surface area (Å²) in [5, 5.41) is 1.98. The summed E-state index contributed by atoms with van der Waals surface area (Å²) in [4.78, 5) is 27.6. The van der Waals surface area contributed by atoms with Gasteiger partial charge in [0.25, 0.3) is 0 Å². The van der Waals surface area contributed by atoms with Gasteiger partial charge in [-0.2, -0.15) is 4.31 Å². The molecule has 144 valence electrons. The van der Waals surface area contributed by atoms with E-state index in [4.69, 9.17) is 0 Å². The molecule has 0 saturated carbocycles. The quantitative estimate of drug-likeness (QED) is 0.521. The van der Waals surface area contributed by atoms with Crippen LogP contribution in [0.25, 0.3) is 21.3 Å². The number of nitrogens with one attached hydrogen (secondary N) is 2. The Morgan fingerprint density at radius 2 is 1.79 bits per heavy atom. The van der Waals surface area contributed by atoms with Crippen molar-refractivity contribution in [2.45, 2.75) is 4.90 Å². The number of thiophene rings is 1. The van der Waals surface area contributed by atoms with Crippen LogP contribution in [0.3, 0.4) is 0 Å². The van der Waals surface area contributed by atoms with Crippen LogP contribution in [0.5, 0.6) is 0 Å². The van der Waals surface area contributed by atoms with Gasteiger partial charge in [-0.25, -0.2) is 23.2 Å². The summed E-state index contributed by atoms with van der Waals surface area (Å²) in [6.07, 6.45) is 1.54. The third-order valence-electron chi connectivity index (χ3n) is 4.89. The third kappa shape index (κ3) is 2.79. The minimum absolute atomic E-state index is 0.173. The maximum absolute atomic E-state index is 13.0. The summed E-state index contributed by atoms with van der Waals surface area (Å²) in [6.45, 7) is 1.82. The summed E-state index contributed by atoms with van der Waals surface area (Å²) in [7, 11) is -3.64. The number of imidazole rings is 1. The molecule has 1 fully saturated rings. The molecule has 5 rings (SSSR count). The highest BCUT2D eigenvalue weighted by atomic mass is 32.2. The first-order valence-electron chi connectivity index (χ1n) is 8.68. The fourth-order valence-electron chi connectivity index (χ4n) is 3.46. The second-order valence-electron chi connectivity index (χ2n) is 6.51. The number of aromatic nitrogens is 4. The average molecular weight is 416 g/mol. The Kier molecular flexibility index (Phi) is 3.96. The van der Waals surface area contributed by atoms with Crippen LogP contribution in [-0.2, 0) is 10.0 Å². The highest BCUT2D eigenvalue weighted by Crippen LogP contribution is 2.29. The molecule has 11 heteroatoms. The van der Waals surface area contributed by atoms with E-state index in [1.807, 2.05) is 11.4 Å². The van der Waals surface area contributed by atoms with Crippen LogP contribution in [0.1, 0.15) is 0 Å². The lowest BCUT2D eigenvalue weighted by Gasteiger charge is -2.34. The lowest BCUT2D eigenvalue weighted by molar-refractivity contribution is 0.384. The van der Waals surface area contributed by atoms with E-state index in [-0.39, 0.29) is 10.6 Å². The maximum Gasteiger partial charge on any atom is 0.323 e. The molecule has 0 radical (unpaired) electrons. The molecule has 0 atom stereocenters. The summed E-state index contributed by atoms with van der Waals surface area (Å²) >= 11 is 1.58. The van der Waals surface area contributed by atoms with Gasteiger partial charge in [0.2, 0.25) is 10.0 Å². The van der Waals surface area contributed by atoms with Gasteiger partial charge in [-0.15, -0.1) is 11.3 Å². The number of benzene rings is 1. The normalized spacial score (nSPS) is 16.2. The molecular weight excluding hydrogens is 400 g/mol. The van der Waals surface area contributed by atoms with Gasteiger partial charge in [0.05, 0.1) is 26.1 Å². The summed E-state index contributed by atoms with van der Waals surface area (Å²) in [5.41, 5.74) is 1.60. The summed E-state index contributed by atoms with van der Waals surface area (Å²) in [6, 6.07) is 6.57. The van der Waals surface area contributed by atoms with Gasteiger partial charge in [0.15, 0.2) is 0 Å². The number of rotatable bonds is 3. The summed E-state index contributed by atoms with van der Waals surface area (Å²) < 4.78 is 28.6. The average Bonchev–Trinajstić information content (AvgIpc) is 3.32. The van der Waals surface area contributed by atoms with Crippen LogP contribution in [0.15, 0.2) is 45.7 Å². The van der Waals surface area contributed by atoms with Crippen molar-refractivity contribution in [3.05, 3.63) is 46.5 Å². The van der Waals surface area contributed by atoms with Gasteiger partial charge in [0.1, 0.15) is 12.1 Å². The molecule has 1 aliphatic heterocycles. The Balaban J connectivity index is 1.39. The van der Waals surface area contributed by atoms with Crippen molar-refractivity contribution in [2.75, 3.05) is 31.1 Å². The highest BCUT2D eigenvalue weighted by molar-refractivity contribution is 7.89. The lowest BCUT2D eigenvalue weighted by atomic mass is 10.3. The van der Waals surface area contributed by atoms with Gasteiger partial charge in [-0.05, 0) is 29.6 Å². The number of sulfonamides is 1. The Bertz CT molecular complexity index is 1330. The predicted octanol–water partition coefficient (Wildman–Crippen LogP) is 1.37. The molecule has 1 aromatic carbocycles. The van der Waals surface area contributed by atoms with Crippen LogP contribution in [0, 0.1) is 0 Å². The first-order valence-corrected chi connectivity index (χ1v) is 11.0. The molecule has 1 aliphatic rings. The second-order valence-corrected chi connectivity index (χ2v) is 9.36. The molecule has 4 heterocycles. The first kappa shape index (κ1) is 17.3. The molecule has 0 amide bonds. The Labute approximate surface area is 163 Å². The zero-order valence-corrected chi connectivity index (χ0v) is 16.3. The number of fused-ring (bicyclic) bond motifs is 2. The topological polar surface area (TPSA) is 115 Å². The minimum atomic E-state index is -3.64. The van der Waals surface area contributed by atoms with Gasteiger partial charge in [-0.1, -0.05) is 0 Å². The third-order valence-corrected chi connectivity index (χ3v) is 7.68. The molecule has 9 nitrogen and oxygen atoms in total. The summed E-state index contributed by atoms with van der Waals surface area (Å²) in [5.74, 6) is 0.850. The number of hydrogen-bond acceptors (Lipinski definition) is 7. The van der Waals surface area contributed by atoms with Crippen molar-refractivity contribution in [3.63, 3.8) is 0 Å². The Morgan fingerprint density at radius 1 is 1.00 bits per heavy atom. The van der Waals surface area contributed by atoms with E-state index in [1.54, 1.807) is 23.7 Å². The largest absolute Gasteiger partial charge is 0.353 e. The molecular formula is C17H16N6O3S2. The molecule has 2 N–H and O–H groups in total. The van der Waals surface area contributed by atoms with E-state index < -0.39 is 10.0 Å². The molecule has 0 spiro atoms. The van der Waals surface area contributed by atoms with Crippen molar-refractivity contribution in [1.29, 1.82) is 0 Å². The molecule has 0 aliphatic carbocycles. The molecule has 0 unspecified atom stereocenters. The zero-order valence-electron chi connectivity index (χ0n) is 14.6. The number of hydrogen-bond donors (Lipinski definition) is 2. The number of aromatic amines is 2. The number of anilines is 1. The van der Waals surface area contributed by atoms with Crippen molar-refractivity contribution < 1.29 is 8.42 Å². The van der Waals surface area contributed by atoms with Crippen LogP contribution in [0.2, 0.25) is 0 Å². The second kappa shape index (κ2) is 6.40. The fraction of sp³-hybridized carbons (Fsp3) is 0.235. The Hall–Kier alpha value is -2.76. The van der Waals surface area contributed by atoms with E-state index in [0.29, 0.717) is 37.2 Å². The van der Waals surface area contributed by atoms with E-state index >= 15 is 0 Å². The van der Waals surface area contributed by atoms with E-state index in [2.05, 4.69) is 24.8 Å². The number of piperazine rings is 1. The highest BCUT2D eigenvalue weighted by Gasteiger charge is 2.30. The zero-order chi connectivity index (χ0) is 19.3. The van der Waals surface area contributed by atoms with Crippen LogP contribution >= 0.6 is 11.3 Å². The molecule has 28 heavy (non-hydrogen) atoms. The van der Waals surface area contributed by atoms with Crippen molar-refractivity contribution in [1.82, 2.24) is 24.2 Å². The van der Waals surface area contributed by atoms with Crippen LogP contribution < -0.4 is 10.6 Å². The molecule has 1 saturated heterocycles. The molecule has 0 bridgehead atoms. The van der Waals surface area contributed by atoms with Crippen LogP contribution in [-0.4, -0.2) is 58.8 Å². The van der Waals surface area contributed by atoms with Crippen molar-refractivity contribution in [3.8, 4) is 0 Å².